The third kappa shape index (κ3) is 3.27. The largest absolute Gasteiger partial charge is 0.390 e. The minimum absolute atomic E-state index is 0.318. The van der Waals surface area contributed by atoms with Crippen molar-refractivity contribution in [3.05, 3.63) is 0 Å². The lowest BCUT2D eigenvalue weighted by molar-refractivity contribution is -0.0366. The Hall–Kier alpha value is -0.0400. The molecule has 0 amide bonds. The second kappa shape index (κ2) is 5.16. The number of rotatable bonds is 4. The number of unbranched alkanes of at least 4 members (excludes halogenated alkanes) is 2. The summed E-state index contributed by atoms with van der Waals surface area (Å²) in [5.41, 5.74) is -0.318. The molecule has 0 spiro atoms. The van der Waals surface area contributed by atoms with Gasteiger partial charge in [0, 0.05) is 0 Å². The maximum Gasteiger partial charge on any atom is 0.0650 e. The van der Waals surface area contributed by atoms with Crippen LogP contribution in [0.25, 0.3) is 0 Å². The summed E-state index contributed by atoms with van der Waals surface area (Å²) in [6.45, 7) is 6.82. The lowest BCUT2D eigenvalue weighted by atomic mass is 9.71. The summed E-state index contributed by atoms with van der Waals surface area (Å²) < 4.78 is 0. The maximum absolute atomic E-state index is 10.4. The van der Waals surface area contributed by atoms with Crippen LogP contribution >= 0.6 is 0 Å². The summed E-state index contributed by atoms with van der Waals surface area (Å²) in [6, 6.07) is 0. The third-order valence-electron chi connectivity index (χ3n) is 3.98. The standard InChI is InChI=1S/C13H26O/c1-4-5-6-8-13(14)9-7-11(2)12(3)10-13/h11-12,14H,4-10H2,1-3H3. The van der Waals surface area contributed by atoms with Gasteiger partial charge in [0.15, 0.2) is 0 Å². The molecule has 0 bridgehead atoms. The molecule has 0 aliphatic heterocycles. The highest BCUT2D eigenvalue weighted by molar-refractivity contribution is 4.87. The molecular formula is C13H26O. The summed E-state index contributed by atoms with van der Waals surface area (Å²) in [5, 5.41) is 10.4. The molecule has 1 saturated carbocycles. The lowest BCUT2D eigenvalue weighted by Gasteiger charge is -2.39. The molecule has 1 fully saturated rings. The van der Waals surface area contributed by atoms with Crippen molar-refractivity contribution in [1.82, 2.24) is 0 Å². The van der Waals surface area contributed by atoms with Crippen molar-refractivity contribution in [2.24, 2.45) is 11.8 Å². The fourth-order valence-electron chi connectivity index (χ4n) is 2.61. The fraction of sp³-hybridized carbons (Fsp3) is 1.00. The van der Waals surface area contributed by atoms with Gasteiger partial charge >= 0.3 is 0 Å². The Labute approximate surface area is 88.9 Å². The Kier molecular flexibility index (Phi) is 4.43. The Morgan fingerprint density at radius 3 is 2.50 bits per heavy atom. The summed E-state index contributed by atoms with van der Waals surface area (Å²) in [6.07, 6.45) is 8.02. The van der Waals surface area contributed by atoms with Gasteiger partial charge in [-0.3, -0.25) is 0 Å². The molecule has 1 aliphatic carbocycles. The van der Waals surface area contributed by atoms with Gasteiger partial charge in [0.2, 0.25) is 0 Å². The van der Waals surface area contributed by atoms with E-state index in [1.807, 2.05) is 0 Å². The van der Waals surface area contributed by atoms with Crippen LogP contribution in [-0.4, -0.2) is 10.7 Å². The summed E-state index contributed by atoms with van der Waals surface area (Å²) >= 11 is 0. The number of hydrogen-bond acceptors (Lipinski definition) is 1. The topological polar surface area (TPSA) is 20.2 Å². The minimum Gasteiger partial charge on any atom is -0.390 e. The quantitative estimate of drug-likeness (QED) is 0.682. The molecular weight excluding hydrogens is 172 g/mol. The van der Waals surface area contributed by atoms with Crippen molar-refractivity contribution in [2.45, 2.75) is 71.3 Å². The van der Waals surface area contributed by atoms with Crippen LogP contribution in [0.5, 0.6) is 0 Å². The van der Waals surface area contributed by atoms with E-state index in [0.717, 1.165) is 25.2 Å². The van der Waals surface area contributed by atoms with Gasteiger partial charge in [-0.15, -0.1) is 0 Å². The Bertz CT molecular complexity index is 167. The first-order chi connectivity index (χ1) is 6.57. The van der Waals surface area contributed by atoms with E-state index in [1.54, 1.807) is 0 Å². The average Bonchev–Trinajstić information content (AvgIpc) is 2.13. The van der Waals surface area contributed by atoms with Crippen LogP contribution < -0.4 is 0 Å². The first-order valence-electron chi connectivity index (χ1n) is 6.30. The number of aliphatic hydroxyl groups is 1. The van der Waals surface area contributed by atoms with Crippen LogP contribution in [0.4, 0.5) is 0 Å². The minimum atomic E-state index is -0.318. The van der Waals surface area contributed by atoms with Crippen molar-refractivity contribution < 1.29 is 5.11 Å². The first kappa shape index (κ1) is 12.0. The predicted molar refractivity (Wildman–Crippen MR) is 61.3 cm³/mol. The van der Waals surface area contributed by atoms with E-state index in [1.165, 1.54) is 25.7 Å². The monoisotopic (exact) mass is 198 g/mol. The van der Waals surface area contributed by atoms with Crippen molar-refractivity contribution in [3.8, 4) is 0 Å². The van der Waals surface area contributed by atoms with E-state index in [0.29, 0.717) is 5.92 Å². The van der Waals surface area contributed by atoms with Crippen molar-refractivity contribution in [1.29, 1.82) is 0 Å². The number of hydrogen-bond donors (Lipinski definition) is 1. The molecule has 84 valence electrons. The zero-order valence-electron chi connectivity index (χ0n) is 10.1. The van der Waals surface area contributed by atoms with E-state index in [4.69, 9.17) is 0 Å². The molecule has 1 heteroatoms. The second-order valence-corrected chi connectivity index (χ2v) is 5.38. The molecule has 0 saturated heterocycles. The van der Waals surface area contributed by atoms with Crippen molar-refractivity contribution in [3.63, 3.8) is 0 Å². The average molecular weight is 198 g/mol. The van der Waals surface area contributed by atoms with E-state index in [2.05, 4.69) is 20.8 Å². The Morgan fingerprint density at radius 2 is 1.93 bits per heavy atom. The van der Waals surface area contributed by atoms with Gasteiger partial charge in [0.1, 0.15) is 0 Å². The SMILES string of the molecule is CCCCCC1(O)CCC(C)C(C)C1. The highest BCUT2D eigenvalue weighted by atomic mass is 16.3. The molecule has 1 rings (SSSR count). The lowest BCUT2D eigenvalue weighted by Crippen LogP contribution is -2.37. The van der Waals surface area contributed by atoms with E-state index in [-0.39, 0.29) is 5.60 Å². The van der Waals surface area contributed by atoms with Gasteiger partial charge in [-0.25, -0.2) is 0 Å². The van der Waals surface area contributed by atoms with Gasteiger partial charge in [0.05, 0.1) is 5.60 Å². The normalized spacial score (nSPS) is 38.6. The summed E-state index contributed by atoms with van der Waals surface area (Å²) in [5.74, 6) is 1.51. The van der Waals surface area contributed by atoms with Crippen LogP contribution in [0.15, 0.2) is 0 Å². The highest BCUT2D eigenvalue weighted by Crippen LogP contribution is 2.38. The maximum atomic E-state index is 10.4. The smallest absolute Gasteiger partial charge is 0.0650 e. The van der Waals surface area contributed by atoms with Crippen molar-refractivity contribution >= 4 is 0 Å². The van der Waals surface area contributed by atoms with Gasteiger partial charge in [-0.1, -0.05) is 40.0 Å². The third-order valence-corrected chi connectivity index (χ3v) is 3.98. The van der Waals surface area contributed by atoms with E-state index in [9.17, 15) is 5.11 Å². The van der Waals surface area contributed by atoms with Crippen LogP contribution in [-0.2, 0) is 0 Å². The van der Waals surface area contributed by atoms with E-state index >= 15 is 0 Å². The molecule has 1 N–H and O–H groups in total. The zero-order chi connectivity index (χ0) is 10.6. The molecule has 1 aliphatic rings. The van der Waals surface area contributed by atoms with Crippen LogP contribution in [0.2, 0.25) is 0 Å². The molecule has 14 heavy (non-hydrogen) atoms. The van der Waals surface area contributed by atoms with Gasteiger partial charge in [-0.05, 0) is 37.5 Å². The molecule has 3 unspecified atom stereocenters. The Balaban J connectivity index is 2.34. The van der Waals surface area contributed by atoms with Gasteiger partial charge in [-0.2, -0.15) is 0 Å². The summed E-state index contributed by atoms with van der Waals surface area (Å²) in [7, 11) is 0. The van der Waals surface area contributed by atoms with E-state index < -0.39 is 0 Å². The molecule has 0 aromatic heterocycles. The molecule has 0 radical (unpaired) electrons. The molecule has 0 aromatic rings. The molecule has 0 aromatic carbocycles. The second-order valence-electron chi connectivity index (χ2n) is 5.38. The van der Waals surface area contributed by atoms with Crippen LogP contribution in [0.3, 0.4) is 0 Å². The van der Waals surface area contributed by atoms with Crippen LogP contribution in [0, 0.1) is 11.8 Å². The zero-order valence-corrected chi connectivity index (χ0v) is 10.1. The van der Waals surface area contributed by atoms with Gasteiger partial charge in [0.25, 0.3) is 0 Å². The van der Waals surface area contributed by atoms with Gasteiger partial charge < -0.3 is 5.11 Å². The molecule has 0 heterocycles. The summed E-state index contributed by atoms with van der Waals surface area (Å²) in [4.78, 5) is 0. The fourth-order valence-corrected chi connectivity index (χ4v) is 2.61. The Morgan fingerprint density at radius 1 is 1.21 bits per heavy atom. The molecule has 3 atom stereocenters. The predicted octanol–water partition coefficient (Wildman–Crippen LogP) is 3.75. The van der Waals surface area contributed by atoms with Crippen molar-refractivity contribution in [2.75, 3.05) is 0 Å². The highest BCUT2D eigenvalue weighted by Gasteiger charge is 2.34. The van der Waals surface area contributed by atoms with Crippen LogP contribution in [0.1, 0.15) is 65.7 Å². The molecule has 1 nitrogen and oxygen atoms in total. The first-order valence-corrected chi connectivity index (χ1v) is 6.30.